The van der Waals surface area contributed by atoms with Crippen LogP contribution >= 0.6 is 15.9 Å². The summed E-state index contributed by atoms with van der Waals surface area (Å²) in [7, 11) is -2.43. The Morgan fingerprint density at radius 2 is 2.27 bits per heavy atom. The van der Waals surface area contributed by atoms with Gasteiger partial charge in [0.1, 0.15) is 0 Å². The average Bonchev–Trinajstić information content (AvgIpc) is 2.18. The molecule has 0 bridgehead atoms. The van der Waals surface area contributed by atoms with Gasteiger partial charge in [-0.15, -0.1) is 0 Å². The zero-order valence-electron chi connectivity index (χ0n) is 8.02. The molecular weight excluding hydrogens is 287 g/mol. The summed E-state index contributed by atoms with van der Waals surface area (Å²) >= 11 is 3.11. The fourth-order valence-electron chi connectivity index (χ4n) is 0.948. The number of hydrogen-bond donors (Lipinski definition) is 0. The molecular formula is C8H10BrFN2O2S. The highest BCUT2D eigenvalue weighted by atomic mass is 79.9. The van der Waals surface area contributed by atoms with E-state index >= 15 is 0 Å². The van der Waals surface area contributed by atoms with Crippen molar-refractivity contribution in [2.75, 3.05) is 18.9 Å². The molecule has 0 spiro atoms. The van der Waals surface area contributed by atoms with Crippen molar-refractivity contribution in [2.45, 2.75) is 5.03 Å². The van der Waals surface area contributed by atoms with Gasteiger partial charge >= 0.3 is 0 Å². The molecule has 0 aliphatic rings. The summed E-state index contributed by atoms with van der Waals surface area (Å²) in [6, 6.07) is 2.42. The smallest absolute Gasteiger partial charge is 0.241 e. The number of halogens is 2. The molecule has 0 aromatic carbocycles. The van der Waals surface area contributed by atoms with Crippen molar-refractivity contribution >= 4 is 26.0 Å². The lowest BCUT2D eigenvalue weighted by molar-refractivity contribution is 0.474. The largest absolute Gasteiger partial charge is 0.263 e. The van der Waals surface area contributed by atoms with Crippen LogP contribution in [0.15, 0.2) is 23.4 Å². The van der Waals surface area contributed by atoms with Gasteiger partial charge in [0.15, 0.2) is 5.82 Å². The molecule has 0 saturated heterocycles. The Balaban J connectivity index is 3.12. The molecule has 84 valence electrons. The Kier molecular flexibility index (Phi) is 4.18. The lowest BCUT2D eigenvalue weighted by Gasteiger charge is -2.14. The first kappa shape index (κ1) is 12.5. The molecule has 0 fully saturated rings. The lowest BCUT2D eigenvalue weighted by atomic mass is 10.5. The molecule has 1 heterocycles. The molecule has 0 N–H and O–H groups in total. The van der Waals surface area contributed by atoms with E-state index in [-0.39, 0.29) is 6.54 Å². The first-order valence-corrected chi connectivity index (χ1v) is 6.69. The second-order valence-corrected chi connectivity index (χ2v) is 5.56. The van der Waals surface area contributed by atoms with E-state index in [4.69, 9.17) is 0 Å². The Morgan fingerprint density at radius 3 is 2.80 bits per heavy atom. The van der Waals surface area contributed by atoms with Crippen LogP contribution < -0.4 is 0 Å². The van der Waals surface area contributed by atoms with Crippen LogP contribution in [0.2, 0.25) is 0 Å². The van der Waals surface area contributed by atoms with Crippen LogP contribution in [0.25, 0.3) is 0 Å². The monoisotopic (exact) mass is 296 g/mol. The van der Waals surface area contributed by atoms with Crippen molar-refractivity contribution in [1.29, 1.82) is 0 Å². The van der Waals surface area contributed by atoms with Gasteiger partial charge < -0.3 is 0 Å². The fraction of sp³-hybridized carbons (Fsp3) is 0.375. The van der Waals surface area contributed by atoms with Crippen LogP contribution in [0.5, 0.6) is 0 Å². The molecule has 15 heavy (non-hydrogen) atoms. The molecule has 0 atom stereocenters. The summed E-state index contributed by atoms with van der Waals surface area (Å²) in [5, 5.41) is -0.0505. The molecule has 0 radical (unpaired) electrons. The number of pyridine rings is 1. The number of hydrogen-bond acceptors (Lipinski definition) is 3. The summed E-state index contributed by atoms with van der Waals surface area (Å²) in [5.41, 5.74) is 0. The summed E-state index contributed by atoms with van der Waals surface area (Å²) in [6.07, 6.45) is 1.25. The molecule has 0 saturated carbocycles. The van der Waals surface area contributed by atoms with Crippen LogP contribution in [-0.4, -0.2) is 36.6 Å². The minimum Gasteiger partial charge on any atom is -0.241 e. The van der Waals surface area contributed by atoms with Gasteiger partial charge in [0.25, 0.3) is 10.0 Å². The van der Waals surface area contributed by atoms with E-state index in [0.717, 1.165) is 10.4 Å². The summed E-state index contributed by atoms with van der Waals surface area (Å²) in [4.78, 5) is 3.53. The van der Waals surface area contributed by atoms with Gasteiger partial charge in [-0.1, -0.05) is 15.9 Å². The van der Waals surface area contributed by atoms with Crippen molar-refractivity contribution in [3.63, 3.8) is 0 Å². The van der Waals surface area contributed by atoms with Crippen molar-refractivity contribution in [1.82, 2.24) is 9.29 Å². The van der Waals surface area contributed by atoms with Crippen molar-refractivity contribution < 1.29 is 12.8 Å². The van der Waals surface area contributed by atoms with Crippen LogP contribution in [-0.2, 0) is 10.0 Å². The first-order valence-electron chi connectivity index (χ1n) is 4.13. The third-order valence-electron chi connectivity index (χ3n) is 1.78. The minimum atomic E-state index is -3.81. The normalized spacial score (nSPS) is 12.0. The van der Waals surface area contributed by atoms with Crippen LogP contribution in [0.1, 0.15) is 0 Å². The van der Waals surface area contributed by atoms with Crippen molar-refractivity contribution in [3.8, 4) is 0 Å². The first-order chi connectivity index (χ1) is 7.00. The second-order valence-electron chi connectivity index (χ2n) is 2.81. The maximum absolute atomic E-state index is 13.2. The highest BCUT2D eigenvalue weighted by Crippen LogP contribution is 2.14. The van der Waals surface area contributed by atoms with Gasteiger partial charge in [0.05, 0.1) is 0 Å². The van der Waals surface area contributed by atoms with E-state index in [2.05, 4.69) is 20.9 Å². The number of rotatable bonds is 4. The predicted octanol–water partition coefficient (Wildman–Crippen LogP) is 1.24. The molecule has 0 amide bonds. The molecule has 0 aliphatic carbocycles. The Hall–Kier alpha value is -0.530. The highest BCUT2D eigenvalue weighted by Gasteiger charge is 2.24. The number of aromatic nitrogens is 1. The number of sulfonamides is 1. The molecule has 1 rings (SSSR count). The van der Waals surface area contributed by atoms with Gasteiger partial charge in [-0.05, 0) is 12.1 Å². The maximum atomic E-state index is 13.2. The van der Waals surface area contributed by atoms with Gasteiger partial charge in [-0.25, -0.2) is 17.8 Å². The van der Waals surface area contributed by atoms with Gasteiger partial charge in [-0.2, -0.15) is 4.31 Å². The average molecular weight is 297 g/mol. The summed E-state index contributed by atoms with van der Waals surface area (Å²) in [5.74, 6) is -0.834. The maximum Gasteiger partial charge on any atom is 0.263 e. The van der Waals surface area contributed by atoms with E-state index in [0.29, 0.717) is 5.33 Å². The van der Waals surface area contributed by atoms with Crippen molar-refractivity contribution in [3.05, 3.63) is 24.1 Å². The molecule has 0 unspecified atom stereocenters. The van der Waals surface area contributed by atoms with E-state index < -0.39 is 20.9 Å². The number of nitrogens with zero attached hydrogens (tertiary/aromatic N) is 2. The van der Waals surface area contributed by atoms with E-state index in [9.17, 15) is 12.8 Å². The molecule has 1 aromatic heterocycles. The zero-order chi connectivity index (χ0) is 11.5. The van der Waals surface area contributed by atoms with E-state index in [1.54, 1.807) is 0 Å². The third kappa shape index (κ3) is 2.73. The predicted molar refractivity (Wildman–Crippen MR) is 57.8 cm³/mol. The van der Waals surface area contributed by atoms with E-state index in [1.165, 1.54) is 19.3 Å². The highest BCUT2D eigenvalue weighted by molar-refractivity contribution is 9.09. The molecule has 4 nitrogen and oxygen atoms in total. The Labute approximate surface area is 96.3 Å². The Bertz CT molecular complexity index is 438. The van der Waals surface area contributed by atoms with Crippen LogP contribution in [0.3, 0.4) is 0 Å². The van der Waals surface area contributed by atoms with Gasteiger partial charge in [0.2, 0.25) is 5.03 Å². The van der Waals surface area contributed by atoms with E-state index in [1.807, 2.05) is 0 Å². The Morgan fingerprint density at radius 1 is 1.60 bits per heavy atom. The molecule has 7 heteroatoms. The zero-order valence-corrected chi connectivity index (χ0v) is 10.4. The second kappa shape index (κ2) is 5.00. The number of alkyl halides is 1. The topological polar surface area (TPSA) is 50.3 Å². The van der Waals surface area contributed by atoms with Gasteiger partial charge in [0, 0.05) is 25.1 Å². The molecule has 1 aromatic rings. The quantitative estimate of drug-likeness (QED) is 0.786. The fourth-order valence-corrected chi connectivity index (χ4v) is 2.85. The minimum absolute atomic E-state index is 0.262. The third-order valence-corrected chi connectivity index (χ3v) is 3.93. The summed E-state index contributed by atoms with van der Waals surface area (Å²) in [6.45, 7) is 0.262. The molecule has 0 aliphatic heterocycles. The van der Waals surface area contributed by atoms with Crippen LogP contribution in [0, 0.1) is 5.82 Å². The summed E-state index contributed by atoms with van der Waals surface area (Å²) < 4.78 is 37.7. The SMILES string of the molecule is CN(CCBr)S(=O)(=O)c1ncccc1F. The lowest BCUT2D eigenvalue weighted by Crippen LogP contribution is -2.30. The van der Waals surface area contributed by atoms with Crippen molar-refractivity contribution in [2.24, 2.45) is 0 Å². The standard InChI is InChI=1S/C8H10BrFN2O2S/c1-12(6-4-9)15(13,14)8-7(10)3-2-5-11-8/h2-3,5H,4,6H2,1H3. The van der Waals surface area contributed by atoms with Crippen LogP contribution in [0.4, 0.5) is 4.39 Å². The van der Waals surface area contributed by atoms with Gasteiger partial charge in [-0.3, -0.25) is 0 Å².